The molecule has 0 spiro atoms. The molecule has 1 aliphatic rings. The molecule has 1 amide bonds. The van der Waals surface area contributed by atoms with Gasteiger partial charge in [0.05, 0.1) is 18.2 Å². The maximum atomic E-state index is 13.3. The van der Waals surface area contributed by atoms with Crippen LogP contribution in [0.4, 0.5) is 0 Å². The van der Waals surface area contributed by atoms with Crippen LogP contribution in [0.5, 0.6) is 0 Å². The molecule has 0 saturated heterocycles. The van der Waals surface area contributed by atoms with E-state index in [2.05, 4.69) is 60.7 Å². The van der Waals surface area contributed by atoms with Crippen LogP contribution in [0.2, 0.25) is 0 Å². The van der Waals surface area contributed by atoms with Crippen molar-refractivity contribution < 1.29 is 14.7 Å². The van der Waals surface area contributed by atoms with Crippen LogP contribution in [-0.2, 0) is 33.5 Å². The molecule has 1 saturated carbocycles. The Hall–Kier alpha value is -2.70. The van der Waals surface area contributed by atoms with E-state index in [-0.39, 0.29) is 24.4 Å². The van der Waals surface area contributed by atoms with E-state index in [0.29, 0.717) is 5.69 Å². The summed E-state index contributed by atoms with van der Waals surface area (Å²) in [5.41, 5.74) is 2.42. The molecule has 2 N–H and O–H groups in total. The lowest BCUT2D eigenvalue weighted by molar-refractivity contribution is -0.138. The summed E-state index contributed by atoms with van der Waals surface area (Å²) in [7, 11) is 0. The fourth-order valence-electron chi connectivity index (χ4n) is 4.07. The van der Waals surface area contributed by atoms with Crippen LogP contribution in [0, 0.1) is 0 Å². The molecular formula is C22H30N4O3. The third-order valence-electron chi connectivity index (χ3n) is 5.76. The molecule has 1 fully saturated rings. The summed E-state index contributed by atoms with van der Waals surface area (Å²) < 4.78 is 1.26. The number of aromatic nitrogens is 3. The van der Waals surface area contributed by atoms with Crippen molar-refractivity contribution >= 4 is 11.9 Å². The zero-order valence-corrected chi connectivity index (χ0v) is 17.4. The SMILES string of the molecule is CC(C)(C)c1ccc(C2(C(=O)NCc3cn(CC(=O)O)nn3)CCCCC2)cc1. The lowest BCUT2D eigenvalue weighted by atomic mass is 9.68. The van der Waals surface area contributed by atoms with Gasteiger partial charge in [0.15, 0.2) is 0 Å². The van der Waals surface area contributed by atoms with Crippen LogP contribution in [0.15, 0.2) is 30.5 Å². The van der Waals surface area contributed by atoms with Crippen molar-refractivity contribution in [3.8, 4) is 0 Å². The highest BCUT2D eigenvalue weighted by molar-refractivity contribution is 5.88. The van der Waals surface area contributed by atoms with Gasteiger partial charge in [-0.05, 0) is 29.4 Å². The van der Waals surface area contributed by atoms with Gasteiger partial charge in [0.2, 0.25) is 5.91 Å². The molecule has 1 aromatic carbocycles. The lowest BCUT2D eigenvalue weighted by Gasteiger charge is -2.36. The van der Waals surface area contributed by atoms with Gasteiger partial charge in [0, 0.05) is 0 Å². The Morgan fingerprint density at radius 3 is 2.38 bits per heavy atom. The highest BCUT2D eigenvalue weighted by Crippen LogP contribution is 2.40. The first kappa shape index (κ1) is 21.0. The summed E-state index contributed by atoms with van der Waals surface area (Å²) in [6, 6.07) is 8.48. The first-order valence-electron chi connectivity index (χ1n) is 10.2. The minimum atomic E-state index is -0.981. The second-order valence-electron chi connectivity index (χ2n) is 8.95. The van der Waals surface area contributed by atoms with Crippen molar-refractivity contribution in [3.05, 3.63) is 47.3 Å². The summed E-state index contributed by atoms with van der Waals surface area (Å²) in [6.45, 7) is 6.54. The van der Waals surface area contributed by atoms with E-state index in [4.69, 9.17) is 5.11 Å². The number of carbonyl (C=O) groups is 2. The minimum absolute atomic E-state index is 0.00786. The number of carboxylic acids is 1. The summed E-state index contributed by atoms with van der Waals surface area (Å²) in [5.74, 6) is -0.973. The second-order valence-corrected chi connectivity index (χ2v) is 8.95. The van der Waals surface area contributed by atoms with Crippen LogP contribution < -0.4 is 5.32 Å². The number of rotatable bonds is 6. The van der Waals surface area contributed by atoms with E-state index >= 15 is 0 Å². The summed E-state index contributed by atoms with van der Waals surface area (Å²) in [5, 5.41) is 19.6. The zero-order chi connectivity index (χ0) is 21.1. The van der Waals surface area contributed by atoms with Gasteiger partial charge in [-0.15, -0.1) is 5.10 Å². The van der Waals surface area contributed by atoms with Crippen LogP contribution in [-0.4, -0.2) is 32.0 Å². The van der Waals surface area contributed by atoms with Gasteiger partial charge in [0.1, 0.15) is 12.2 Å². The average molecular weight is 399 g/mol. The summed E-state index contributed by atoms with van der Waals surface area (Å²) >= 11 is 0. The number of carboxylic acid groups (broad SMARTS) is 1. The topological polar surface area (TPSA) is 97.1 Å². The van der Waals surface area contributed by atoms with Gasteiger partial charge < -0.3 is 10.4 Å². The number of nitrogens with one attached hydrogen (secondary N) is 1. The molecule has 156 valence electrons. The van der Waals surface area contributed by atoms with Gasteiger partial charge in [-0.25, -0.2) is 4.68 Å². The molecule has 0 radical (unpaired) electrons. The molecule has 0 bridgehead atoms. The third kappa shape index (κ3) is 4.83. The molecule has 1 aromatic heterocycles. The minimum Gasteiger partial charge on any atom is -0.480 e. The van der Waals surface area contributed by atoms with Crippen molar-refractivity contribution in [1.82, 2.24) is 20.3 Å². The van der Waals surface area contributed by atoms with E-state index in [1.807, 2.05) is 0 Å². The van der Waals surface area contributed by atoms with E-state index in [1.54, 1.807) is 6.20 Å². The molecule has 2 aromatic rings. The van der Waals surface area contributed by atoms with Crippen LogP contribution in [0.3, 0.4) is 0 Å². The molecule has 1 heterocycles. The van der Waals surface area contributed by atoms with Crippen molar-refractivity contribution in [3.63, 3.8) is 0 Å². The van der Waals surface area contributed by atoms with E-state index in [1.165, 1.54) is 10.2 Å². The molecule has 0 aliphatic heterocycles. The third-order valence-corrected chi connectivity index (χ3v) is 5.76. The average Bonchev–Trinajstić information content (AvgIpc) is 3.12. The number of hydrogen-bond donors (Lipinski definition) is 2. The van der Waals surface area contributed by atoms with E-state index < -0.39 is 11.4 Å². The van der Waals surface area contributed by atoms with Gasteiger partial charge in [-0.2, -0.15) is 0 Å². The number of amides is 1. The monoisotopic (exact) mass is 398 g/mol. The normalized spacial score (nSPS) is 16.4. The maximum Gasteiger partial charge on any atom is 0.325 e. The molecule has 29 heavy (non-hydrogen) atoms. The quantitative estimate of drug-likeness (QED) is 0.779. The van der Waals surface area contributed by atoms with Crippen molar-refractivity contribution in [2.75, 3.05) is 0 Å². The summed E-state index contributed by atoms with van der Waals surface area (Å²) in [4.78, 5) is 24.1. The van der Waals surface area contributed by atoms with E-state index in [0.717, 1.165) is 37.7 Å². The molecule has 1 aliphatic carbocycles. The first-order valence-corrected chi connectivity index (χ1v) is 10.2. The molecule has 7 nitrogen and oxygen atoms in total. The Morgan fingerprint density at radius 2 is 1.79 bits per heavy atom. The molecule has 0 atom stereocenters. The fraction of sp³-hybridized carbons (Fsp3) is 0.545. The Labute approximate surface area is 171 Å². The fourth-order valence-corrected chi connectivity index (χ4v) is 4.07. The highest BCUT2D eigenvalue weighted by Gasteiger charge is 2.41. The number of nitrogens with zero attached hydrogens (tertiary/aromatic N) is 3. The van der Waals surface area contributed by atoms with Crippen LogP contribution in [0.25, 0.3) is 0 Å². The molecule has 7 heteroatoms. The Bertz CT molecular complexity index is 859. The Kier molecular flexibility index (Phi) is 6.05. The Morgan fingerprint density at radius 1 is 1.14 bits per heavy atom. The Balaban J connectivity index is 1.76. The predicted octanol–water partition coefficient (Wildman–Crippen LogP) is 3.18. The number of benzene rings is 1. The lowest BCUT2D eigenvalue weighted by Crippen LogP contribution is -2.45. The van der Waals surface area contributed by atoms with Gasteiger partial charge in [-0.1, -0.05) is 69.5 Å². The second kappa shape index (κ2) is 8.35. The van der Waals surface area contributed by atoms with Gasteiger partial charge in [-0.3, -0.25) is 9.59 Å². The van der Waals surface area contributed by atoms with Crippen LogP contribution in [0.1, 0.15) is 69.7 Å². The van der Waals surface area contributed by atoms with Crippen molar-refractivity contribution in [1.29, 1.82) is 0 Å². The molecule has 0 unspecified atom stereocenters. The van der Waals surface area contributed by atoms with Crippen LogP contribution >= 0.6 is 0 Å². The first-order chi connectivity index (χ1) is 13.7. The van der Waals surface area contributed by atoms with Crippen molar-refractivity contribution in [2.45, 2.75) is 76.8 Å². The molecule has 3 rings (SSSR count). The molecular weight excluding hydrogens is 368 g/mol. The van der Waals surface area contributed by atoms with Gasteiger partial charge >= 0.3 is 5.97 Å². The standard InChI is InChI=1S/C22H30N4O3/c1-21(2,3)16-7-9-17(10-8-16)22(11-5-4-6-12-22)20(29)23-13-18-14-26(25-24-18)15-19(27)28/h7-10,14H,4-6,11-13,15H2,1-3H3,(H,23,29)(H,27,28). The number of carbonyl (C=O) groups excluding carboxylic acids is 1. The summed E-state index contributed by atoms with van der Waals surface area (Å²) in [6.07, 6.45) is 6.43. The van der Waals surface area contributed by atoms with Gasteiger partial charge in [0.25, 0.3) is 0 Å². The largest absolute Gasteiger partial charge is 0.480 e. The highest BCUT2D eigenvalue weighted by atomic mass is 16.4. The van der Waals surface area contributed by atoms with E-state index in [9.17, 15) is 9.59 Å². The smallest absolute Gasteiger partial charge is 0.325 e. The van der Waals surface area contributed by atoms with Crippen molar-refractivity contribution in [2.24, 2.45) is 0 Å². The zero-order valence-electron chi connectivity index (χ0n) is 17.4. The number of aliphatic carboxylic acids is 1. The maximum absolute atomic E-state index is 13.3. The predicted molar refractivity (Wildman–Crippen MR) is 109 cm³/mol. The number of hydrogen-bond acceptors (Lipinski definition) is 4.